The van der Waals surface area contributed by atoms with Gasteiger partial charge >= 0.3 is 0 Å². The summed E-state index contributed by atoms with van der Waals surface area (Å²) in [6.07, 6.45) is 2.52. The molecule has 0 amide bonds. The predicted octanol–water partition coefficient (Wildman–Crippen LogP) is 5.41. The number of fused-ring (bicyclic) bond motifs is 1. The van der Waals surface area contributed by atoms with Gasteiger partial charge in [-0.1, -0.05) is 23.2 Å². The molecule has 3 N–H and O–H groups in total. The van der Waals surface area contributed by atoms with Crippen molar-refractivity contribution in [2.45, 2.75) is 25.9 Å². The molecule has 0 aliphatic rings. The minimum absolute atomic E-state index is 0. The maximum atomic E-state index is 6.44. The second-order valence-corrected chi connectivity index (χ2v) is 7.82. The Morgan fingerprint density at radius 2 is 2.08 bits per heavy atom. The van der Waals surface area contributed by atoms with Crippen molar-refractivity contribution in [3.8, 4) is 0 Å². The minimum atomic E-state index is 0. The van der Waals surface area contributed by atoms with Crippen LogP contribution in [0.2, 0.25) is 10.2 Å². The van der Waals surface area contributed by atoms with Crippen molar-refractivity contribution in [1.29, 1.82) is 0 Å². The van der Waals surface area contributed by atoms with E-state index in [2.05, 4.69) is 15.3 Å². The first-order valence-corrected chi connectivity index (χ1v) is 9.15. The van der Waals surface area contributed by atoms with Gasteiger partial charge in [0.1, 0.15) is 15.7 Å². The molecule has 0 saturated heterocycles. The highest BCUT2D eigenvalue weighted by atomic mass is 35.5. The lowest BCUT2D eigenvalue weighted by Gasteiger charge is -2.06. The molecule has 0 saturated carbocycles. The van der Waals surface area contributed by atoms with Crippen molar-refractivity contribution in [3.05, 3.63) is 37.7 Å². The van der Waals surface area contributed by atoms with Gasteiger partial charge in [-0.2, -0.15) is 0 Å². The zero-order valence-electron chi connectivity index (χ0n) is 12.6. The molecule has 24 heavy (non-hydrogen) atoms. The van der Waals surface area contributed by atoms with E-state index in [9.17, 15) is 0 Å². The van der Waals surface area contributed by atoms with E-state index in [1.807, 2.05) is 18.4 Å². The van der Waals surface area contributed by atoms with Gasteiger partial charge in [-0.05, 0) is 13.3 Å². The van der Waals surface area contributed by atoms with E-state index in [0.717, 1.165) is 32.2 Å². The van der Waals surface area contributed by atoms with E-state index < -0.39 is 0 Å². The van der Waals surface area contributed by atoms with E-state index in [1.165, 1.54) is 0 Å². The number of aromatic nitrogens is 2. The van der Waals surface area contributed by atoms with Gasteiger partial charge in [0, 0.05) is 28.6 Å². The molecule has 0 fully saturated rings. The molecule has 3 heterocycles. The van der Waals surface area contributed by atoms with Crippen LogP contribution in [-0.2, 0) is 13.0 Å². The maximum Gasteiger partial charge on any atom is 0.131 e. The fourth-order valence-electron chi connectivity index (χ4n) is 2.12. The minimum Gasteiger partial charge on any atom is -0.377 e. The number of thiophene rings is 1. The molecule has 10 heteroatoms. The number of anilines is 1. The molecule has 0 aromatic carbocycles. The predicted molar refractivity (Wildman–Crippen MR) is 111 cm³/mol. The number of nitrogens with zero attached hydrogens (tertiary/aromatic N) is 2. The Kier molecular flexibility index (Phi) is 8.48. The molecule has 3 aromatic rings. The van der Waals surface area contributed by atoms with Crippen LogP contribution >= 0.6 is 70.7 Å². The average molecular weight is 446 g/mol. The summed E-state index contributed by atoms with van der Waals surface area (Å²) in [6, 6.07) is 1.87. The number of pyridine rings is 1. The third kappa shape index (κ3) is 4.85. The third-order valence-corrected chi connectivity index (χ3v) is 5.77. The number of thiazole rings is 1. The average Bonchev–Trinajstić information content (AvgIpc) is 3.07. The molecule has 132 valence electrons. The van der Waals surface area contributed by atoms with Crippen LogP contribution in [0.15, 0.2) is 17.6 Å². The zero-order valence-corrected chi connectivity index (χ0v) is 17.4. The Bertz CT molecular complexity index is 790. The summed E-state index contributed by atoms with van der Waals surface area (Å²) in [5, 5.41) is 7.40. The molecule has 0 aliphatic heterocycles. The van der Waals surface area contributed by atoms with Crippen molar-refractivity contribution < 1.29 is 0 Å². The maximum absolute atomic E-state index is 6.44. The standard InChI is InChI=1S/C14H14Cl2N4S2.2ClH/c1-7(17)4-9-12(16)13-14(22-9)8(5-10(15)20-13)19-6-11-18-2-3-21-11;;/h2-3,5,7H,4,6,17H2,1H3,(H,19,20);2*1H/t7-;;/m0../s1. The summed E-state index contributed by atoms with van der Waals surface area (Å²) in [7, 11) is 0. The van der Waals surface area contributed by atoms with E-state index in [1.54, 1.807) is 28.9 Å². The molecule has 0 radical (unpaired) electrons. The smallest absolute Gasteiger partial charge is 0.131 e. The summed E-state index contributed by atoms with van der Waals surface area (Å²) in [5.41, 5.74) is 7.54. The SMILES string of the molecule is C[C@H](N)Cc1sc2c(NCc3nccs3)cc(Cl)nc2c1Cl.Cl.Cl. The quantitative estimate of drug-likeness (QED) is 0.515. The van der Waals surface area contributed by atoms with E-state index >= 15 is 0 Å². The normalized spacial score (nSPS) is 11.7. The van der Waals surface area contributed by atoms with Crippen molar-refractivity contribution >= 4 is 86.6 Å². The summed E-state index contributed by atoms with van der Waals surface area (Å²) in [5.74, 6) is 0. The first kappa shape index (κ1) is 21.7. The summed E-state index contributed by atoms with van der Waals surface area (Å²) in [6.45, 7) is 2.61. The summed E-state index contributed by atoms with van der Waals surface area (Å²) in [4.78, 5) is 9.66. The molecule has 4 nitrogen and oxygen atoms in total. The summed E-state index contributed by atoms with van der Waals surface area (Å²) < 4.78 is 1.00. The third-order valence-electron chi connectivity index (χ3n) is 3.04. The molecule has 0 spiro atoms. The Balaban J connectivity index is 0.00000144. The van der Waals surface area contributed by atoms with Gasteiger partial charge in [-0.15, -0.1) is 47.5 Å². The van der Waals surface area contributed by atoms with Crippen LogP contribution in [0.25, 0.3) is 10.2 Å². The van der Waals surface area contributed by atoms with Gasteiger partial charge in [0.05, 0.1) is 22.0 Å². The van der Waals surface area contributed by atoms with Crippen LogP contribution in [0, 0.1) is 0 Å². The molecular weight excluding hydrogens is 430 g/mol. The van der Waals surface area contributed by atoms with Crippen LogP contribution in [0.4, 0.5) is 5.69 Å². The van der Waals surface area contributed by atoms with E-state index in [0.29, 0.717) is 16.7 Å². The second kappa shape index (κ2) is 9.38. The summed E-state index contributed by atoms with van der Waals surface area (Å²) >= 11 is 15.8. The van der Waals surface area contributed by atoms with E-state index in [-0.39, 0.29) is 30.9 Å². The Morgan fingerprint density at radius 3 is 2.71 bits per heavy atom. The van der Waals surface area contributed by atoms with Gasteiger partial charge in [-0.25, -0.2) is 9.97 Å². The second-order valence-electron chi connectivity index (χ2n) is 4.97. The van der Waals surface area contributed by atoms with Gasteiger partial charge in [0.25, 0.3) is 0 Å². The highest BCUT2D eigenvalue weighted by Crippen LogP contribution is 2.40. The lowest BCUT2D eigenvalue weighted by Crippen LogP contribution is -2.17. The van der Waals surface area contributed by atoms with Crippen LogP contribution in [0.1, 0.15) is 16.8 Å². The van der Waals surface area contributed by atoms with Gasteiger partial charge in [-0.3, -0.25) is 0 Å². The number of nitrogens with one attached hydrogen (secondary N) is 1. The van der Waals surface area contributed by atoms with Crippen LogP contribution in [0.3, 0.4) is 0 Å². The van der Waals surface area contributed by atoms with Crippen LogP contribution in [0.5, 0.6) is 0 Å². The molecule has 0 aliphatic carbocycles. The van der Waals surface area contributed by atoms with Crippen molar-refractivity contribution in [2.75, 3.05) is 5.32 Å². The molecule has 3 rings (SSSR count). The van der Waals surface area contributed by atoms with E-state index in [4.69, 9.17) is 28.9 Å². The van der Waals surface area contributed by atoms with Crippen LogP contribution in [-0.4, -0.2) is 16.0 Å². The zero-order chi connectivity index (χ0) is 15.7. The van der Waals surface area contributed by atoms with Gasteiger partial charge in [0.15, 0.2) is 0 Å². The Morgan fingerprint density at radius 1 is 1.33 bits per heavy atom. The lowest BCUT2D eigenvalue weighted by molar-refractivity contribution is 0.747. The number of halogens is 4. The number of hydrogen-bond donors (Lipinski definition) is 2. The topological polar surface area (TPSA) is 63.8 Å². The highest BCUT2D eigenvalue weighted by molar-refractivity contribution is 7.20. The van der Waals surface area contributed by atoms with Crippen molar-refractivity contribution in [1.82, 2.24) is 9.97 Å². The van der Waals surface area contributed by atoms with Gasteiger partial charge < -0.3 is 11.1 Å². The molecular formula is C14H16Cl4N4S2. The monoisotopic (exact) mass is 444 g/mol. The largest absolute Gasteiger partial charge is 0.377 e. The fourth-order valence-corrected chi connectivity index (χ4v) is 4.52. The fraction of sp³-hybridized carbons (Fsp3) is 0.286. The number of hydrogen-bond acceptors (Lipinski definition) is 6. The first-order valence-electron chi connectivity index (χ1n) is 6.70. The van der Waals surface area contributed by atoms with Crippen molar-refractivity contribution in [2.24, 2.45) is 5.73 Å². The molecule has 3 aromatic heterocycles. The first-order chi connectivity index (χ1) is 10.5. The Labute approximate surface area is 170 Å². The molecule has 0 unspecified atom stereocenters. The Hall–Kier alpha value is -0.340. The van der Waals surface area contributed by atoms with Crippen molar-refractivity contribution in [3.63, 3.8) is 0 Å². The van der Waals surface area contributed by atoms with Crippen LogP contribution < -0.4 is 11.1 Å². The lowest BCUT2D eigenvalue weighted by atomic mass is 10.2. The highest BCUT2D eigenvalue weighted by Gasteiger charge is 2.17. The number of nitrogens with two attached hydrogens (primary N) is 1. The molecule has 0 bridgehead atoms. The van der Waals surface area contributed by atoms with Gasteiger partial charge in [0.2, 0.25) is 0 Å². The molecule has 1 atom stereocenters. The number of rotatable bonds is 5.